The van der Waals surface area contributed by atoms with Gasteiger partial charge in [0.2, 0.25) is 5.43 Å². The Bertz CT molecular complexity index is 1310. The van der Waals surface area contributed by atoms with Crippen LogP contribution < -0.4 is 16.5 Å². The quantitative estimate of drug-likeness (QED) is 0.538. The number of aromatic amines is 2. The molecule has 0 fully saturated rings. The van der Waals surface area contributed by atoms with E-state index in [4.69, 9.17) is 11.6 Å². The zero-order chi connectivity index (χ0) is 18.3. The van der Waals surface area contributed by atoms with E-state index in [2.05, 4.69) is 15.1 Å². The molecule has 1 aromatic carbocycles. The Morgan fingerprint density at radius 3 is 2.73 bits per heavy atom. The van der Waals surface area contributed by atoms with E-state index in [-0.39, 0.29) is 17.4 Å². The molecular weight excluding hydrogens is 356 g/mol. The number of nitrogens with one attached hydrogen (secondary N) is 2. The zero-order valence-corrected chi connectivity index (χ0v) is 14.2. The molecule has 2 N–H and O–H groups in total. The highest BCUT2D eigenvalue weighted by molar-refractivity contribution is 6.31. The van der Waals surface area contributed by atoms with Crippen molar-refractivity contribution in [3.05, 3.63) is 84.2 Å². The fourth-order valence-electron chi connectivity index (χ4n) is 2.93. The smallest absolute Gasteiger partial charge is 0.287 e. The molecule has 0 spiro atoms. The summed E-state index contributed by atoms with van der Waals surface area (Å²) in [4.78, 5) is 45.0. The van der Waals surface area contributed by atoms with Gasteiger partial charge in [-0.25, -0.2) is 4.68 Å². The van der Waals surface area contributed by atoms with Crippen LogP contribution >= 0.6 is 11.6 Å². The maximum Gasteiger partial charge on any atom is 0.287 e. The third kappa shape index (κ3) is 2.72. The Labute approximate surface area is 150 Å². The van der Waals surface area contributed by atoms with Crippen LogP contribution in [-0.2, 0) is 13.0 Å². The van der Waals surface area contributed by atoms with Gasteiger partial charge in [-0.05, 0) is 30.3 Å². The predicted molar refractivity (Wildman–Crippen MR) is 99.9 cm³/mol. The van der Waals surface area contributed by atoms with Crippen LogP contribution in [0.3, 0.4) is 0 Å². The summed E-state index contributed by atoms with van der Waals surface area (Å²) in [6.45, 7) is 0.207. The second-order valence-electron chi connectivity index (χ2n) is 5.86. The molecule has 0 amide bonds. The van der Waals surface area contributed by atoms with Crippen LogP contribution in [0, 0.1) is 0 Å². The van der Waals surface area contributed by atoms with E-state index in [1.54, 1.807) is 24.4 Å². The van der Waals surface area contributed by atoms with E-state index < -0.39 is 16.5 Å². The summed E-state index contributed by atoms with van der Waals surface area (Å²) in [5, 5.41) is 3.08. The number of nitrogens with zero attached hydrogens (tertiary/aromatic N) is 2. The molecule has 0 saturated carbocycles. The first-order valence-electron chi connectivity index (χ1n) is 7.93. The van der Waals surface area contributed by atoms with Crippen molar-refractivity contribution in [3.63, 3.8) is 0 Å². The average Bonchev–Trinajstić information content (AvgIpc) is 2.64. The normalized spacial score (nSPS) is 11.3. The third-order valence-corrected chi connectivity index (χ3v) is 4.44. The van der Waals surface area contributed by atoms with Crippen LogP contribution in [-0.4, -0.2) is 19.7 Å². The first kappa shape index (κ1) is 16.3. The van der Waals surface area contributed by atoms with Crippen molar-refractivity contribution < 1.29 is 0 Å². The Morgan fingerprint density at radius 1 is 1.12 bits per heavy atom. The number of hydrogen-bond donors (Lipinski definition) is 2. The number of pyridine rings is 2. The summed E-state index contributed by atoms with van der Waals surface area (Å²) in [6.07, 6.45) is 2.10. The van der Waals surface area contributed by atoms with Crippen molar-refractivity contribution in [2.45, 2.75) is 13.0 Å². The summed E-state index contributed by atoms with van der Waals surface area (Å²) < 4.78 is 1.15. The van der Waals surface area contributed by atoms with Crippen LogP contribution in [0.4, 0.5) is 0 Å². The van der Waals surface area contributed by atoms with Crippen LogP contribution in [0.25, 0.3) is 21.8 Å². The number of fused-ring (bicyclic) bond motifs is 2. The minimum absolute atomic E-state index is 0.0520. The SMILES string of the molecule is O=c1[nH]n(CCc2ccccn2)c(=O)c2c(=O)c3ccc(Cl)cc3[nH]c12. The summed E-state index contributed by atoms with van der Waals surface area (Å²) in [6, 6.07) is 10.1. The lowest BCUT2D eigenvalue weighted by molar-refractivity contribution is 0.571. The van der Waals surface area contributed by atoms with Crippen LogP contribution in [0.1, 0.15) is 5.69 Å². The molecule has 0 bridgehead atoms. The van der Waals surface area contributed by atoms with Crippen molar-refractivity contribution in [2.75, 3.05) is 0 Å². The van der Waals surface area contributed by atoms with Crippen molar-refractivity contribution in [1.82, 2.24) is 19.7 Å². The van der Waals surface area contributed by atoms with Gasteiger partial charge in [-0.3, -0.25) is 24.5 Å². The molecule has 0 atom stereocenters. The van der Waals surface area contributed by atoms with Crippen molar-refractivity contribution in [3.8, 4) is 0 Å². The van der Waals surface area contributed by atoms with Gasteiger partial charge in [0.15, 0.2) is 0 Å². The molecule has 0 saturated heterocycles. The molecule has 130 valence electrons. The van der Waals surface area contributed by atoms with Gasteiger partial charge >= 0.3 is 0 Å². The fourth-order valence-corrected chi connectivity index (χ4v) is 3.10. The number of hydrogen-bond acceptors (Lipinski definition) is 4. The molecule has 3 aromatic heterocycles. The molecule has 4 aromatic rings. The summed E-state index contributed by atoms with van der Waals surface area (Å²) in [5.74, 6) is 0. The van der Waals surface area contributed by atoms with Gasteiger partial charge in [-0.1, -0.05) is 17.7 Å². The van der Waals surface area contributed by atoms with Crippen LogP contribution in [0.15, 0.2) is 57.0 Å². The topological polar surface area (TPSA) is 101 Å². The molecule has 3 heterocycles. The van der Waals surface area contributed by atoms with Gasteiger partial charge in [-0.15, -0.1) is 0 Å². The molecule has 0 aliphatic rings. The zero-order valence-electron chi connectivity index (χ0n) is 13.5. The standard InChI is InChI=1S/C18H13ClN4O3/c19-10-4-5-12-13(9-10)21-15-14(16(12)24)18(26)23(22-17(15)25)8-6-11-3-1-2-7-20-11/h1-5,7,9H,6,8H2,(H,21,24)(H,22,25). The monoisotopic (exact) mass is 368 g/mol. The van der Waals surface area contributed by atoms with Gasteiger partial charge in [0, 0.05) is 35.3 Å². The van der Waals surface area contributed by atoms with Crippen LogP contribution in [0.5, 0.6) is 0 Å². The maximum atomic E-state index is 12.8. The minimum Gasteiger partial charge on any atom is -0.350 e. The van der Waals surface area contributed by atoms with E-state index in [0.29, 0.717) is 22.3 Å². The Balaban J connectivity index is 1.91. The second kappa shape index (κ2) is 6.27. The number of benzene rings is 1. The van der Waals surface area contributed by atoms with Gasteiger partial charge in [-0.2, -0.15) is 0 Å². The first-order valence-corrected chi connectivity index (χ1v) is 8.30. The van der Waals surface area contributed by atoms with Crippen molar-refractivity contribution >= 4 is 33.4 Å². The fraction of sp³-hybridized carbons (Fsp3) is 0.111. The van der Waals surface area contributed by atoms with Gasteiger partial charge < -0.3 is 4.98 Å². The molecular formula is C18H13ClN4O3. The van der Waals surface area contributed by atoms with E-state index in [0.717, 1.165) is 10.4 Å². The van der Waals surface area contributed by atoms with Gasteiger partial charge in [0.25, 0.3) is 11.1 Å². The lowest BCUT2D eigenvalue weighted by Gasteiger charge is -2.08. The second-order valence-corrected chi connectivity index (χ2v) is 6.30. The largest absolute Gasteiger partial charge is 0.350 e. The summed E-state index contributed by atoms with van der Waals surface area (Å²) in [5.41, 5.74) is -0.446. The molecule has 0 aliphatic heterocycles. The van der Waals surface area contributed by atoms with Crippen molar-refractivity contribution in [1.29, 1.82) is 0 Å². The van der Waals surface area contributed by atoms with E-state index in [9.17, 15) is 14.4 Å². The highest BCUT2D eigenvalue weighted by Gasteiger charge is 2.14. The van der Waals surface area contributed by atoms with E-state index >= 15 is 0 Å². The molecule has 8 heteroatoms. The van der Waals surface area contributed by atoms with E-state index in [1.807, 2.05) is 12.1 Å². The summed E-state index contributed by atoms with van der Waals surface area (Å²) >= 11 is 5.94. The predicted octanol–water partition coefficient (Wildman–Crippen LogP) is 1.82. The molecule has 0 radical (unpaired) electrons. The Morgan fingerprint density at radius 2 is 1.96 bits per heavy atom. The number of H-pyrrole nitrogens is 2. The number of rotatable bonds is 3. The van der Waals surface area contributed by atoms with Gasteiger partial charge in [0.1, 0.15) is 10.9 Å². The molecule has 26 heavy (non-hydrogen) atoms. The van der Waals surface area contributed by atoms with E-state index in [1.165, 1.54) is 6.07 Å². The maximum absolute atomic E-state index is 12.8. The average molecular weight is 369 g/mol. The number of aryl methyl sites for hydroxylation is 2. The molecule has 0 aliphatic carbocycles. The first-order chi connectivity index (χ1) is 12.5. The summed E-state index contributed by atoms with van der Waals surface area (Å²) in [7, 11) is 0. The lowest BCUT2D eigenvalue weighted by atomic mass is 10.1. The lowest BCUT2D eigenvalue weighted by Crippen LogP contribution is -2.34. The third-order valence-electron chi connectivity index (χ3n) is 4.20. The Hall–Kier alpha value is -3.19. The molecule has 7 nitrogen and oxygen atoms in total. The molecule has 0 unspecified atom stereocenters. The van der Waals surface area contributed by atoms with Gasteiger partial charge in [0.05, 0.1) is 5.52 Å². The minimum atomic E-state index is -0.548. The highest BCUT2D eigenvalue weighted by atomic mass is 35.5. The number of halogens is 1. The van der Waals surface area contributed by atoms with Crippen LogP contribution in [0.2, 0.25) is 5.02 Å². The Kier molecular flexibility index (Phi) is 3.93. The number of aromatic nitrogens is 4. The van der Waals surface area contributed by atoms with Crippen molar-refractivity contribution in [2.24, 2.45) is 0 Å². The molecule has 4 rings (SSSR count). The highest BCUT2D eigenvalue weighted by Crippen LogP contribution is 2.16.